The molecule has 0 radical (unpaired) electrons. The predicted molar refractivity (Wildman–Crippen MR) is 139 cm³/mol. The van der Waals surface area contributed by atoms with Gasteiger partial charge in [-0.2, -0.15) is 10.2 Å². The second-order valence-electron chi connectivity index (χ2n) is 9.92. The molecule has 2 aromatic heterocycles. The lowest BCUT2D eigenvalue weighted by Gasteiger charge is -2.22. The zero-order valence-corrected chi connectivity index (χ0v) is 20.8. The largest absolute Gasteiger partial charge is 0.386 e. The van der Waals surface area contributed by atoms with E-state index in [9.17, 15) is 15.2 Å². The van der Waals surface area contributed by atoms with Crippen LogP contribution in [0.4, 0.5) is 11.6 Å². The summed E-state index contributed by atoms with van der Waals surface area (Å²) in [6, 6.07) is 13.4. The normalized spacial score (nSPS) is 13.6. The Labute approximate surface area is 209 Å². The van der Waals surface area contributed by atoms with Gasteiger partial charge in [-0.25, -0.2) is 14.3 Å². The Balaban J connectivity index is 1.66. The molecule has 0 aliphatic carbocycles. The summed E-state index contributed by atoms with van der Waals surface area (Å²) >= 11 is 0. The average Bonchev–Trinajstić information content (AvgIpc) is 3.15. The van der Waals surface area contributed by atoms with Crippen LogP contribution in [0.15, 0.2) is 47.4 Å². The van der Waals surface area contributed by atoms with Crippen LogP contribution in [0.25, 0.3) is 16.7 Å². The Morgan fingerprint density at radius 1 is 1.19 bits per heavy atom. The van der Waals surface area contributed by atoms with Crippen LogP contribution < -0.4 is 16.2 Å². The van der Waals surface area contributed by atoms with Gasteiger partial charge in [-0.3, -0.25) is 4.79 Å². The van der Waals surface area contributed by atoms with Crippen molar-refractivity contribution in [3.63, 3.8) is 0 Å². The number of nitrogens with one attached hydrogen (secondary N) is 2. The molecule has 4 aromatic rings. The lowest BCUT2D eigenvalue weighted by Crippen LogP contribution is -2.25. The van der Waals surface area contributed by atoms with Crippen LogP contribution in [0.3, 0.4) is 0 Å². The number of nitriles is 1. The van der Waals surface area contributed by atoms with Gasteiger partial charge in [0.25, 0.3) is 5.56 Å². The fourth-order valence-electron chi connectivity index (χ4n) is 4.73. The SMILES string of the molecule is CC(C)n1c(=O)c2cnc(Nc3ccc4c(c3)CCNC4)nc2n1-c1ccc(C#N)c(C(C)(C)O)c1. The Kier molecular flexibility index (Phi) is 5.86. The van der Waals surface area contributed by atoms with E-state index in [1.807, 2.05) is 19.9 Å². The summed E-state index contributed by atoms with van der Waals surface area (Å²) in [5, 5.41) is 27.3. The highest BCUT2D eigenvalue weighted by Gasteiger charge is 2.24. The molecule has 0 spiro atoms. The summed E-state index contributed by atoms with van der Waals surface area (Å²) in [5.41, 5.74) is 3.93. The molecule has 0 atom stereocenters. The number of anilines is 2. The van der Waals surface area contributed by atoms with Gasteiger partial charge in [0.05, 0.1) is 22.9 Å². The highest BCUT2D eigenvalue weighted by atomic mass is 16.3. The van der Waals surface area contributed by atoms with Crippen molar-refractivity contribution in [1.29, 1.82) is 5.26 Å². The molecule has 1 aliphatic heterocycles. The maximum atomic E-state index is 13.3. The molecule has 0 amide bonds. The zero-order chi connectivity index (χ0) is 25.6. The molecule has 1 aliphatic rings. The van der Waals surface area contributed by atoms with Gasteiger partial charge in [-0.15, -0.1) is 0 Å². The van der Waals surface area contributed by atoms with Crippen molar-refractivity contribution in [3.05, 3.63) is 75.2 Å². The van der Waals surface area contributed by atoms with Gasteiger partial charge >= 0.3 is 0 Å². The number of nitrogens with zero attached hydrogens (tertiary/aromatic N) is 5. The van der Waals surface area contributed by atoms with Crippen molar-refractivity contribution >= 4 is 22.7 Å². The molecule has 5 rings (SSSR count). The van der Waals surface area contributed by atoms with E-state index in [1.165, 1.54) is 11.1 Å². The van der Waals surface area contributed by atoms with Crippen LogP contribution in [0.1, 0.15) is 56.0 Å². The molecule has 0 bridgehead atoms. The lowest BCUT2D eigenvalue weighted by molar-refractivity contribution is 0.0783. The van der Waals surface area contributed by atoms with Gasteiger partial charge in [0.1, 0.15) is 5.39 Å². The number of aliphatic hydroxyl groups is 1. The van der Waals surface area contributed by atoms with Crippen LogP contribution in [-0.2, 0) is 18.6 Å². The summed E-state index contributed by atoms with van der Waals surface area (Å²) in [7, 11) is 0. The molecule has 0 fully saturated rings. The molecule has 36 heavy (non-hydrogen) atoms. The van der Waals surface area contributed by atoms with Gasteiger partial charge in [0.2, 0.25) is 5.95 Å². The maximum absolute atomic E-state index is 13.3. The molecule has 9 heteroatoms. The zero-order valence-electron chi connectivity index (χ0n) is 20.8. The number of aromatic nitrogens is 4. The standard InChI is InChI=1S/C27H29N7O2/c1-16(2)33-25(35)22-15-30-26(31-20-7-5-19-14-29-10-9-17(19)11-20)32-24(22)34(33)21-8-6-18(13-28)23(12-21)27(3,4)36/h5-8,11-12,15-16,29,36H,9-10,14H2,1-4H3,(H,30,31,32). The Morgan fingerprint density at radius 3 is 2.72 bits per heavy atom. The first kappa shape index (κ1) is 23.7. The maximum Gasteiger partial charge on any atom is 0.278 e. The predicted octanol–water partition coefficient (Wildman–Crippen LogP) is 3.65. The molecule has 0 unspecified atom stereocenters. The van der Waals surface area contributed by atoms with Crippen molar-refractivity contribution < 1.29 is 5.11 Å². The van der Waals surface area contributed by atoms with E-state index < -0.39 is 5.60 Å². The van der Waals surface area contributed by atoms with E-state index in [1.54, 1.807) is 47.6 Å². The van der Waals surface area contributed by atoms with Crippen molar-refractivity contribution in [2.45, 2.75) is 52.3 Å². The van der Waals surface area contributed by atoms with Crippen LogP contribution >= 0.6 is 0 Å². The fraction of sp³-hybridized carbons (Fsp3) is 0.333. The van der Waals surface area contributed by atoms with Gasteiger partial charge in [-0.05, 0) is 82.1 Å². The topological polar surface area (TPSA) is 121 Å². The monoisotopic (exact) mass is 483 g/mol. The Bertz CT molecular complexity index is 1570. The number of fused-ring (bicyclic) bond motifs is 2. The first-order valence-electron chi connectivity index (χ1n) is 12.0. The van der Waals surface area contributed by atoms with Crippen LogP contribution in [0.5, 0.6) is 0 Å². The van der Waals surface area contributed by atoms with Gasteiger partial charge in [0.15, 0.2) is 5.65 Å². The summed E-state index contributed by atoms with van der Waals surface area (Å²) in [5.74, 6) is 0.377. The minimum atomic E-state index is -1.24. The molecule has 184 valence electrons. The van der Waals surface area contributed by atoms with Gasteiger partial charge in [0, 0.05) is 30.0 Å². The summed E-state index contributed by atoms with van der Waals surface area (Å²) in [6.07, 6.45) is 2.51. The summed E-state index contributed by atoms with van der Waals surface area (Å²) < 4.78 is 3.36. The van der Waals surface area contributed by atoms with Crippen LogP contribution in [-0.4, -0.2) is 31.0 Å². The highest BCUT2D eigenvalue weighted by Crippen LogP contribution is 2.28. The molecule has 0 saturated heterocycles. The minimum Gasteiger partial charge on any atom is -0.386 e. The molecular formula is C27H29N7O2. The van der Waals surface area contributed by atoms with Crippen molar-refractivity contribution in [3.8, 4) is 11.8 Å². The number of benzene rings is 2. The average molecular weight is 484 g/mol. The number of rotatable bonds is 5. The van der Waals surface area contributed by atoms with Crippen molar-refractivity contribution in [2.75, 3.05) is 11.9 Å². The molecule has 3 N–H and O–H groups in total. The minimum absolute atomic E-state index is 0.168. The first-order chi connectivity index (χ1) is 17.2. The molecule has 9 nitrogen and oxygen atoms in total. The second kappa shape index (κ2) is 8.90. The Hall–Kier alpha value is -4.00. The van der Waals surface area contributed by atoms with Crippen LogP contribution in [0.2, 0.25) is 0 Å². The molecular weight excluding hydrogens is 454 g/mol. The summed E-state index contributed by atoms with van der Waals surface area (Å²) in [4.78, 5) is 22.5. The van der Waals surface area contributed by atoms with E-state index in [0.29, 0.717) is 33.8 Å². The highest BCUT2D eigenvalue weighted by molar-refractivity contribution is 5.77. The smallest absolute Gasteiger partial charge is 0.278 e. The first-order valence-corrected chi connectivity index (χ1v) is 12.0. The molecule has 2 aromatic carbocycles. The van der Waals surface area contributed by atoms with E-state index in [0.717, 1.165) is 25.2 Å². The number of hydrogen-bond donors (Lipinski definition) is 3. The van der Waals surface area contributed by atoms with E-state index >= 15 is 0 Å². The van der Waals surface area contributed by atoms with Gasteiger partial charge in [-0.1, -0.05) is 6.07 Å². The van der Waals surface area contributed by atoms with Crippen LogP contribution in [0, 0.1) is 11.3 Å². The summed E-state index contributed by atoms with van der Waals surface area (Å²) in [6.45, 7) is 8.93. The van der Waals surface area contributed by atoms with E-state index in [2.05, 4.69) is 33.8 Å². The van der Waals surface area contributed by atoms with Crippen molar-refractivity contribution in [1.82, 2.24) is 24.6 Å². The third-order valence-electron chi connectivity index (χ3n) is 6.49. The second-order valence-corrected chi connectivity index (χ2v) is 9.92. The third kappa shape index (κ3) is 4.15. The molecule has 3 heterocycles. The quantitative estimate of drug-likeness (QED) is 0.396. The van der Waals surface area contributed by atoms with E-state index in [-0.39, 0.29) is 11.6 Å². The molecule has 0 saturated carbocycles. The Morgan fingerprint density at radius 2 is 2.00 bits per heavy atom. The lowest BCUT2D eigenvalue weighted by atomic mass is 9.93. The van der Waals surface area contributed by atoms with Gasteiger partial charge < -0.3 is 15.7 Å². The number of hydrogen-bond acceptors (Lipinski definition) is 7. The van der Waals surface area contributed by atoms with E-state index in [4.69, 9.17) is 4.98 Å². The fourth-order valence-corrected chi connectivity index (χ4v) is 4.73. The van der Waals surface area contributed by atoms with Crippen molar-refractivity contribution in [2.24, 2.45) is 0 Å². The third-order valence-corrected chi connectivity index (χ3v) is 6.49.